The van der Waals surface area contributed by atoms with Gasteiger partial charge < -0.3 is 4.74 Å². The Balaban J connectivity index is 2.11. The van der Waals surface area contributed by atoms with Crippen LogP contribution in [0.5, 0.6) is 0 Å². The SMILES string of the molecule is Cc1ncc[s+]1C(=O)N1CCOCC1. The molecule has 14 heavy (non-hydrogen) atoms. The minimum atomic E-state index is -0.413. The van der Waals surface area contributed by atoms with E-state index >= 15 is 0 Å². The van der Waals surface area contributed by atoms with Gasteiger partial charge in [0.2, 0.25) is 5.01 Å². The van der Waals surface area contributed by atoms with Crippen molar-refractivity contribution >= 4 is 15.7 Å². The topological polar surface area (TPSA) is 42.4 Å². The lowest BCUT2D eigenvalue weighted by atomic mass is 10.5. The van der Waals surface area contributed by atoms with E-state index in [9.17, 15) is 4.79 Å². The molecule has 0 N–H and O–H groups in total. The molecule has 1 atom stereocenters. The number of morpholine rings is 1. The van der Waals surface area contributed by atoms with Crippen molar-refractivity contribution in [3.8, 4) is 0 Å². The first-order valence-corrected chi connectivity index (χ1v) is 5.88. The number of thiazole rings is 1. The van der Waals surface area contributed by atoms with Crippen LogP contribution in [-0.4, -0.2) is 41.4 Å². The van der Waals surface area contributed by atoms with Gasteiger partial charge >= 0.3 is 5.24 Å². The Morgan fingerprint density at radius 3 is 2.86 bits per heavy atom. The zero-order valence-corrected chi connectivity index (χ0v) is 8.92. The zero-order valence-electron chi connectivity index (χ0n) is 8.10. The molecule has 2 heterocycles. The van der Waals surface area contributed by atoms with E-state index in [1.165, 1.54) is 0 Å². The van der Waals surface area contributed by atoms with Crippen LogP contribution in [0, 0.1) is 6.92 Å². The normalized spacial score (nSPS) is 18.4. The lowest BCUT2D eigenvalue weighted by Gasteiger charge is -2.22. The summed E-state index contributed by atoms with van der Waals surface area (Å²) in [6, 6.07) is 0. The van der Waals surface area contributed by atoms with Gasteiger partial charge in [0, 0.05) is 20.0 Å². The van der Waals surface area contributed by atoms with Crippen LogP contribution in [0.3, 0.4) is 0 Å². The summed E-state index contributed by atoms with van der Waals surface area (Å²) in [4.78, 5) is 17.9. The first-order chi connectivity index (χ1) is 6.79. The Kier molecular flexibility index (Phi) is 2.79. The van der Waals surface area contributed by atoms with E-state index in [1.807, 2.05) is 17.2 Å². The fraction of sp³-hybridized carbons (Fsp3) is 0.556. The van der Waals surface area contributed by atoms with Crippen molar-refractivity contribution in [2.24, 2.45) is 0 Å². The maximum absolute atomic E-state index is 12.0. The van der Waals surface area contributed by atoms with Gasteiger partial charge in [-0.2, -0.15) is 0 Å². The third-order valence-corrected chi connectivity index (χ3v) is 4.00. The number of aryl methyl sites for hydroxylation is 1. The molecule has 1 aromatic rings. The quantitative estimate of drug-likeness (QED) is 0.663. The van der Waals surface area contributed by atoms with E-state index in [0.717, 1.165) is 5.01 Å². The highest BCUT2D eigenvalue weighted by atomic mass is 32.2. The number of carbonyl (C=O) groups is 1. The second kappa shape index (κ2) is 4.06. The number of carbonyl (C=O) groups excluding carboxylic acids is 1. The fourth-order valence-corrected chi connectivity index (χ4v) is 2.80. The molecule has 0 aliphatic carbocycles. The van der Waals surface area contributed by atoms with Crippen LogP contribution in [0.2, 0.25) is 0 Å². The molecule has 1 amide bonds. The standard InChI is InChI=1S/C9H13N2O2S/c1-8-10-2-7-14(8)9(12)11-3-5-13-6-4-11/h2,7H,3-6H2,1H3/q+1. The Labute approximate surface area is 85.5 Å². The van der Waals surface area contributed by atoms with Crippen molar-refractivity contribution in [1.29, 1.82) is 0 Å². The van der Waals surface area contributed by atoms with Gasteiger partial charge in [-0.1, -0.05) is 0 Å². The maximum atomic E-state index is 12.0. The number of ether oxygens (including phenoxy) is 1. The highest BCUT2D eigenvalue weighted by Crippen LogP contribution is 2.24. The molecular formula is C9H13N2O2S+. The van der Waals surface area contributed by atoms with Crippen molar-refractivity contribution in [1.82, 2.24) is 9.88 Å². The molecule has 0 spiro atoms. The minimum absolute atomic E-state index is 0.184. The summed E-state index contributed by atoms with van der Waals surface area (Å²) in [5.74, 6) is 0. The molecule has 0 saturated carbocycles. The van der Waals surface area contributed by atoms with Crippen LogP contribution >= 0.6 is 10.5 Å². The molecule has 0 radical (unpaired) electrons. The lowest BCUT2D eigenvalue weighted by molar-refractivity contribution is 0.0590. The minimum Gasteiger partial charge on any atom is -0.378 e. The van der Waals surface area contributed by atoms with Crippen molar-refractivity contribution in [3.63, 3.8) is 0 Å². The van der Waals surface area contributed by atoms with Crippen LogP contribution in [0.4, 0.5) is 4.79 Å². The molecule has 4 nitrogen and oxygen atoms in total. The van der Waals surface area contributed by atoms with Gasteiger partial charge in [-0.05, 0) is 0 Å². The summed E-state index contributed by atoms with van der Waals surface area (Å²) >= 11 is 0. The molecule has 1 aliphatic heterocycles. The Hall–Kier alpha value is -0.940. The molecule has 76 valence electrons. The molecular weight excluding hydrogens is 200 g/mol. The van der Waals surface area contributed by atoms with Crippen molar-refractivity contribution in [2.75, 3.05) is 26.3 Å². The number of amides is 1. The van der Waals surface area contributed by atoms with Crippen molar-refractivity contribution in [3.05, 3.63) is 16.6 Å². The van der Waals surface area contributed by atoms with E-state index in [2.05, 4.69) is 4.98 Å². The lowest BCUT2D eigenvalue weighted by Crippen LogP contribution is -2.38. The fourth-order valence-electron chi connectivity index (χ4n) is 1.42. The van der Waals surface area contributed by atoms with E-state index < -0.39 is 10.5 Å². The molecule has 1 fully saturated rings. The number of hydrogen-bond donors (Lipinski definition) is 0. The monoisotopic (exact) mass is 213 g/mol. The van der Waals surface area contributed by atoms with E-state index in [-0.39, 0.29) is 5.24 Å². The average Bonchev–Trinajstić information content (AvgIpc) is 2.65. The Morgan fingerprint density at radius 1 is 1.57 bits per heavy atom. The zero-order chi connectivity index (χ0) is 9.97. The average molecular weight is 213 g/mol. The van der Waals surface area contributed by atoms with Gasteiger partial charge in [0.15, 0.2) is 5.38 Å². The summed E-state index contributed by atoms with van der Waals surface area (Å²) in [5.41, 5.74) is 0. The Morgan fingerprint density at radius 2 is 2.29 bits per heavy atom. The molecule has 0 aromatic carbocycles. The summed E-state index contributed by atoms with van der Waals surface area (Å²) in [6.45, 7) is 4.64. The molecule has 1 aromatic heterocycles. The van der Waals surface area contributed by atoms with Crippen molar-refractivity contribution in [2.45, 2.75) is 6.92 Å². The first kappa shape index (κ1) is 9.61. The molecule has 5 heteroatoms. The molecule has 1 aliphatic rings. The van der Waals surface area contributed by atoms with E-state index in [1.54, 1.807) is 6.20 Å². The van der Waals surface area contributed by atoms with Crippen LogP contribution in [0.25, 0.3) is 0 Å². The summed E-state index contributed by atoms with van der Waals surface area (Å²) in [6.07, 6.45) is 1.72. The third kappa shape index (κ3) is 1.78. The number of rotatable bonds is 1. The molecule has 0 bridgehead atoms. The summed E-state index contributed by atoms with van der Waals surface area (Å²) in [5, 5.41) is 2.98. The second-order valence-electron chi connectivity index (χ2n) is 3.14. The van der Waals surface area contributed by atoms with Crippen LogP contribution in [-0.2, 0) is 4.74 Å². The summed E-state index contributed by atoms with van der Waals surface area (Å²) < 4.78 is 5.20. The summed E-state index contributed by atoms with van der Waals surface area (Å²) in [7, 11) is -0.413. The largest absolute Gasteiger partial charge is 0.460 e. The van der Waals surface area contributed by atoms with Crippen molar-refractivity contribution < 1.29 is 9.53 Å². The maximum Gasteiger partial charge on any atom is 0.460 e. The number of hydrogen-bond acceptors (Lipinski definition) is 3. The van der Waals surface area contributed by atoms with Crippen LogP contribution in [0.1, 0.15) is 5.01 Å². The van der Waals surface area contributed by atoms with E-state index in [0.29, 0.717) is 26.3 Å². The number of nitrogens with zero attached hydrogens (tertiary/aromatic N) is 2. The van der Waals surface area contributed by atoms with Gasteiger partial charge in [-0.25, -0.2) is 9.78 Å². The van der Waals surface area contributed by atoms with E-state index in [4.69, 9.17) is 4.74 Å². The van der Waals surface area contributed by atoms with Gasteiger partial charge in [-0.3, -0.25) is 4.90 Å². The predicted molar refractivity (Wildman–Crippen MR) is 54.6 cm³/mol. The second-order valence-corrected chi connectivity index (χ2v) is 5.02. The highest BCUT2D eigenvalue weighted by Gasteiger charge is 2.29. The number of aromatic nitrogens is 1. The van der Waals surface area contributed by atoms with Gasteiger partial charge in [0.05, 0.1) is 29.9 Å². The smallest absolute Gasteiger partial charge is 0.378 e. The van der Waals surface area contributed by atoms with Crippen LogP contribution < -0.4 is 0 Å². The molecule has 1 unspecified atom stereocenters. The van der Waals surface area contributed by atoms with Gasteiger partial charge in [-0.15, -0.1) is 0 Å². The third-order valence-electron chi connectivity index (χ3n) is 2.23. The first-order valence-electron chi connectivity index (χ1n) is 4.60. The Bertz CT molecular complexity index is 331. The van der Waals surface area contributed by atoms with Gasteiger partial charge in [0.1, 0.15) is 0 Å². The van der Waals surface area contributed by atoms with Crippen LogP contribution in [0.15, 0.2) is 11.6 Å². The molecule has 2 rings (SSSR count). The van der Waals surface area contributed by atoms with Gasteiger partial charge in [0.25, 0.3) is 0 Å². The highest BCUT2D eigenvalue weighted by molar-refractivity contribution is 7.49. The predicted octanol–water partition coefficient (Wildman–Crippen LogP) is 1.44. The molecule has 1 saturated heterocycles.